The summed E-state index contributed by atoms with van der Waals surface area (Å²) in [5, 5.41) is 20.5. The molecule has 2 aromatic carbocycles. The molecule has 1 unspecified atom stereocenters. The Hall–Kier alpha value is -2.79. The quantitative estimate of drug-likeness (QED) is 0.631. The number of rotatable bonds is 5. The van der Waals surface area contributed by atoms with Gasteiger partial charge in [-0.25, -0.2) is 0 Å². The van der Waals surface area contributed by atoms with Gasteiger partial charge < -0.3 is 16.0 Å². The molecule has 23 heavy (non-hydrogen) atoms. The average molecular weight is 310 g/mol. The summed E-state index contributed by atoms with van der Waals surface area (Å²) in [6.45, 7) is 0. The van der Waals surface area contributed by atoms with Crippen LogP contribution in [-0.2, 0) is 17.6 Å². The van der Waals surface area contributed by atoms with E-state index >= 15 is 0 Å². The van der Waals surface area contributed by atoms with Crippen LogP contribution in [0.2, 0.25) is 0 Å². The minimum Gasteiger partial charge on any atom is -0.480 e. The highest BCUT2D eigenvalue weighted by atomic mass is 16.5. The van der Waals surface area contributed by atoms with Crippen LogP contribution in [0.5, 0.6) is 0 Å². The van der Waals surface area contributed by atoms with Crippen LogP contribution in [-0.4, -0.2) is 27.1 Å². The molecule has 1 aromatic heterocycles. The number of nitrogens with two attached hydrogens (primary N) is 1. The van der Waals surface area contributed by atoms with Crippen molar-refractivity contribution in [1.29, 1.82) is 0 Å². The molecule has 0 aliphatic carbocycles. The lowest BCUT2D eigenvalue weighted by molar-refractivity contribution is -0.138. The Morgan fingerprint density at radius 1 is 1.09 bits per heavy atom. The maximum Gasteiger partial charge on any atom is 0.320 e. The van der Waals surface area contributed by atoms with Crippen LogP contribution < -0.4 is 5.73 Å². The Morgan fingerprint density at radius 2 is 1.74 bits per heavy atom. The number of benzene rings is 2. The van der Waals surface area contributed by atoms with Crippen molar-refractivity contribution in [3.05, 3.63) is 71.4 Å². The lowest BCUT2D eigenvalue weighted by Gasteiger charge is -2.10. The molecule has 0 saturated heterocycles. The summed E-state index contributed by atoms with van der Waals surface area (Å²) in [6, 6.07) is 16.1. The average Bonchev–Trinajstić information content (AvgIpc) is 2.82. The zero-order chi connectivity index (χ0) is 16.4. The first-order chi connectivity index (χ1) is 11.1. The maximum absolute atomic E-state index is 11.1. The summed E-state index contributed by atoms with van der Waals surface area (Å²) < 4.78 is 1.15. The van der Waals surface area contributed by atoms with Crippen molar-refractivity contribution in [3.8, 4) is 0 Å². The molecule has 0 radical (unpaired) electrons. The van der Waals surface area contributed by atoms with Gasteiger partial charge in [-0.2, -0.15) is 4.73 Å². The van der Waals surface area contributed by atoms with Gasteiger partial charge in [-0.3, -0.25) is 4.79 Å². The monoisotopic (exact) mass is 310 g/mol. The Kier molecular flexibility index (Phi) is 4.04. The fourth-order valence-corrected chi connectivity index (χ4v) is 2.85. The van der Waals surface area contributed by atoms with E-state index in [-0.39, 0.29) is 6.42 Å². The van der Waals surface area contributed by atoms with Crippen LogP contribution in [0.15, 0.2) is 54.6 Å². The second-order valence-corrected chi connectivity index (χ2v) is 5.57. The largest absolute Gasteiger partial charge is 0.480 e. The number of carbonyl (C=O) groups is 1. The smallest absolute Gasteiger partial charge is 0.320 e. The lowest BCUT2D eigenvalue weighted by Crippen LogP contribution is -2.32. The second kappa shape index (κ2) is 6.14. The van der Waals surface area contributed by atoms with E-state index in [1.165, 1.54) is 0 Å². The van der Waals surface area contributed by atoms with Gasteiger partial charge in [-0.15, -0.1) is 0 Å². The van der Waals surface area contributed by atoms with Gasteiger partial charge in [0.05, 0.1) is 11.2 Å². The van der Waals surface area contributed by atoms with Crippen molar-refractivity contribution in [2.24, 2.45) is 5.73 Å². The van der Waals surface area contributed by atoms with E-state index in [9.17, 15) is 10.0 Å². The lowest BCUT2D eigenvalue weighted by atomic mass is 9.99. The van der Waals surface area contributed by atoms with Crippen molar-refractivity contribution in [2.45, 2.75) is 18.9 Å². The topological polar surface area (TPSA) is 88.5 Å². The first-order valence-corrected chi connectivity index (χ1v) is 7.40. The highest BCUT2D eigenvalue weighted by molar-refractivity contribution is 5.86. The van der Waals surface area contributed by atoms with Gasteiger partial charge in [0.1, 0.15) is 6.04 Å². The number of hydrogen-bond acceptors (Lipinski definition) is 3. The third-order valence-electron chi connectivity index (χ3n) is 4.02. The van der Waals surface area contributed by atoms with Gasteiger partial charge >= 0.3 is 5.97 Å². The second-order valence-electron chi connectivity index (χ2n) is 5.57. The van der Waals surface area contributed by atoms with Crippen LogP contribution in [0.4, 0.5) is 0 Å². The Labute approximate surface area is 133 Å². The number of carboxylic acid groups (broad SMARTS) is 1. The van der Waals surface area contributed by atoms with E-state index in [0.29, 0.717) is 17.6 Å². The molecular formula is C18H18N2O3. The van der Waals surface area contributed by atoms with E-state index in [1.807, 2.05) is 48.5 Å². The molecule has 1 heterocycles. The van der Waals surface area contributed by atoms with Gasteiger partial charge in [-0.1, -0.05) is 48.5 Å². The number of hydrogen-bond donors (Lipinski definition) is 3. The Morgan fingerprint density at radius 3 is 2.43 bits per heavy atom. The van der Waals surface area contributed by atoms with E-state index in [1.54, 1.807) is 6.07 Å². The van der Waals surface area contributed by atoms with Gasteiger partial charge in [0.25, 0.3) is 0 Å². The minimum atomic E-state index is -1.05. The SMILES string of the molecule is NC(Cc1c(Cc2ccccc2)n(O)c2ccccc12)C(=O)O. The third-order valence-corrected chi connectivity index (χ3v) is 4.02. The summed E-state index contributed by atoms with van der Waals surface area (Å²) in [6.07, 6.45) is 0.680. The highest BCUT2D eigenvalue weighted by Crippen LogP contribution is 2.28. The molecule has 0 amide bonds. The van der Waals surface area contributed by atoms with E-state index in [4.69, 9.17) is 10.8 Å². The zero-order valence-electron chi connectivity index (χ0n) is 12.5. The predicted molar refractivity (Wildman–Crippen MR) is 87.7 cm³/mol. The summed E-state index contributed by atoms with van der Waals surface area (Å²) in [7, 11) is 0. The molecule has 0 bridgehead atoms. The first kappa shape index (κ1) is 15.1. The number of aliphatic carboxylic acids is 1. The third kappa shape index (κ3) is 2.91. The maximum atomic E-state index is 11.1. The number of aromatic nitrogens is 1. The molecule has 3 rings (SSSR count). The first-order valence-electron chi connectivity index (χ1n) is 7.40. The highest BCUT2D eigenvalue weighted by Gasteiger charge is 2.21. The van der Waals surface area contributed by atoms with E-state index in [2.05, 4.69) is 0 Å². The van der Waals surface area contributed by atoms with Crippen LogP contribution in [0.25, 0.3) is 10.9 Å². The molecule has 5 nitrogen and oxygen atoms in total. The molecule has 0 aliphatic rings. The minimum absolute atomic E-state index is 0.172. The molecule has 0 aliphatic heterocycles. The van der Waals surface area contributed by atoms with Gasteiger partial charge in [0, 0.05) is 18.2 Å². The molecule has 0 fully saturated rings. The summed E-state index contributed by atoms with van der Waals surface area (Å²) in [5.41, 5.74) is 8.87. The number of fused-ring (bicyclic) bond motifs is 1. The summed E-state index contributed by atoms with van der Waals surface area (Å²) in [4.78, 5) is 11.1. The number of nitrogens with zero attached hydrogens (tertiary/aromatic N) is 1. The molecule has 3 aromatic rings. The summed E-state index contributed by atoms with van der Waals surface area (Å²) in [5.74, 6) is -1.05. The molecule has 118 valence electrons. The van der Waals surface area contributed by atoms with Crippen molar-refractivity contribution in [1.82, 2.24) is 4.73 Å². The molecule has 1 atom stereocenters. The van der Waals surface area contributed by atoms with Crippen molar-refractivity contribution < 1.29 is 15.1 Å². The fraction of sp³-hybridized carbons (Fsp3) is 0.167. The molecule has 0 saturated carbocycles. The van der Waals surface area contributed by atoms with Gasteiger partial charge in [-0.05, 0) is 17.2 Å². The van der Waals surface area contributed by atoms with Crippen molar-refractivity contribution in [3.63, 3.8) is 0 Å². The molecule has 5 heteroatoms. The Balaban J connectivity index is 2.11. The number of carboxylic acids is 1. The Bertz CT molecular complexity index is 840. The molecule has 4 N–H and O–H groups in total. The predicted octanol–water partition coefficient (Wildman–Crippen LogP) is 2.42. The fourth-order valence-electron chi connectivity index (χ4n) is 2.85. The number of para-hydroxylation sites is 1. The van der Waals surface area contributed by atoms with Crippen molar-refractivity contribution >= 4 is 16.9 Å². The van der Waals surface area contributed by atoms with E-state index in [0.717, 1.165) is 21.2 Å². The molecular weight excluding hydrogens is 292 g/mol. The summed E-state index contributed by atoms with van der Waals surface area (Å²) >= 11 is 0. The van der Waals surface area contributed by atoms with Crippen LogP contribution in [0.1, 0.15) is 16.8 Å². The van der Waals surface area contributed by atoms with Gasteiger partial charge in [0.15, 0.2) is 0 Å². The molecule has 0 spiro atoms. The zero-order valence-corrected chi connectivity index (χ0v) is 12.5. The standard InChI is InChI=1S/C18H18N2O3/c19-15(18(21)22)11-14-13-8-4-5-9-16(13)20(23)17(14)10-12-6-2-1-3-7-12/h1-9,15,23H,10-11,19H2,(H,21,22). The van der Waals surface area contributed by atoms with Crippen LogP contribution in [0, 0.1) is 0 Å². The normalized spacial score (nSPS) is 12.4. The van der Waals surface area contributed by atoms with Gasteiger partial charge in [0.2, 0.25) is 0 Å². The van der Waals surface area contributed by atoms with E-state index < -0.39 is 12.0 Å². The van der Waals surface area contributed by atoms with Crippen LogP contribution >= 0.6 is 0 Å². The van der Waals surface area contributed by atoms with Crippen molar-refractivity contribution in [2.75, 3.05) is 0 Å². The van der Waals surface area contributed by atoms with Crippen LogP contribution in [0.3, 0.4) is 0 Å².